The molecule has 0 radical (unpaired) electrons. The van der Waals surface area contributed by atoms with Crippen LogP contribution in [-0.4, -0.2) is 19.3 Å². The minimum absolute atomic E-state index is 0.125. The van der Waals surface area contributed by atoms with E-state index in [1.165, 1.54) is 24.4 Å². The summed E-state index contributed by atoms with van der Waals surface area (Å²) in [6.45, 7) is 4.00. The minimum Gasteiger partial charge on any atom is -0.465 e. The highest BCUT2D eigenvalue weighted by molar-refractivity contribution is 6.23. The quantitative estimate of drug-likeness (QED) is 0.365. The number of allylic oxidation sites excluding steroid dienone is 5. The second kappa shape index (κ2) is 12.6. The Kier molecular flexibility index (Phi) is 11.2. The largest absolute Gasteiger partial charge is 0.465 e. The summed E-state index contributed by atoms with van der Waals surface area (Å²) in [6.07, 6.45) is 7.76. The van der Waals surface area contributed by atoms with E-state index in [0.717, 1.165) is 19.4 Å². The van der Waals surface area contributed by atoms with Crippen LogP contribution in [0.4, 0.5) is 13.2 Å². The van der Waals surface area contributed by atoms with Crippen molar-refractivity contribution in [2.75, 3.05) is 7.11 Å². The third-order valence-electron chi connectivity index (χ3n) is 2.66. The van der Waals surface area contributed by atoms with Crippen molar-refractivity contribution in [3.8, 4) is 0 Å². The highest BCUT2D eigenvalue weighted by Crippen LogP contribution is 2.19. The standard InChI is InChI=1S/C16H15F3N2O2.C2H6/c1-23-15(22)10-21-11(5-3-2-4-8-20)9-12-13(17)6-7-14(18)16(12)19;1-2/h2-8,10H,9,20H2,1H3;1-2H3/b3-2-,8-4-,11-5+,21-10?;. The summed E-state index contributed by atoms with van der Waals surface area (Å²) in [6, 6.07) is 1.52. The average molecular weight is 354 g/mol. The Morgan fingerprint density at radius 2 is 1.80 bits per heavy atom. The van der Waals surface area contributed by atoms with Crippen LogP contribution in [0.1, 0.15) is 19.4 Å². The van der Waals surface area contributed by atoms with Crippen molar-refractivity contribution >= 4 is 12.2 Å². The van der Waals surface area contributed by atoms with Crippen LogP contribution in [0, 0.1) is 17.5 Å². The molecule has 0 aliphatic heterocycles. The van der Waals surface area contributed by atoms with Gasteiger partial charge in [-0.05, 0) is 30.5 Å². The molecule has 0 atom stereocenters. The fraction of sp³-hybridized carbons (Fsp3) is 0.222. The van der Waals surface area contributed by atoms with E-state index in [4.69, 9.17) is 5.73 Å². The molecule has 0 fully saturated rings. The second-order valence-corrected chi connectivity index (χ2v) is 4.21. The Morgan fingerprint density at radius 3 is 2.40 bits per heavy atom. The molecule has 0 saturated heterocycles. The Morgan fingerprint density at radius 1 is 1.16 bits per heavy atom. The van der Waals surface area contributed by atoms with Gasteiger partial charge in [0.15, 0.2) is 11.6 Å². The molecule has 0 heterocycles. The highest BCUT2D eigenvalue weighted by atomic mass is 19.2. The van der Waals surface area contributed by atoms with E-state index in [0.29, 0.717) is 6.07 Å². The topological polar surface area (TPSA) is 64.7 Å². The summed E-state index contributed by atoms with van der Waals surface area (Å²) in [5.41, 5.74) is 4.80. The molecular weight excluding hydrogens is 333 g/mol. The van der Waals surface area contributed by atoms with Crippen LogP contribution >= 0.6 is 0 Å². The molecule has 0 saturated carbocycles. The van der Waals surface area contributed by atoms with Crippen molar-refractivity contribution in [2.24, 2.45) is 10.7 Å². The number of carbonyl (C=O) groups excluding carboxylic acids is 1. The Balaban J connectivity index is 0.00000277. The van der Waals surface area contributed by atoms with Gasteiger partial charge in [-0.1, -0.05) is 26.0 Å². The zero-order valence-electron chi connectivity index (χ0n) is 14.3. The van der Waals surface area contributed by atoms with Crippen LogP contribution in [0.5, 0.6) is 0 Å². The summed E-state index contributed by atoms with van der Waals surface area (Å²) in [5, 5.41) is 0. The first-order valence-electron chi connectivity index (χ1n) is 7.48. The SMILES string of the molecule is CC.COC(=O)C=N/C(=C/C=C\C=C/N)Cc1c(F)ccc(F)c1F. The Bertz CT molecular complexity index is 681. The average Bonchev–Trinajstić information content (AvgIpc) is 2.64. The van der Waals surface area contributed by atoms with Gasteiger partial charge in [0.25, 0.3) is 0 Å². The van der Waals surface area contributed by atoms with Crippen LogP contribution in [0.15, 0.2) is 53.3 Å². The number of nitrogens with zero attached hydrogens (tertiary/aromatic N) is 1. The molecule has 1 aromatic carbocycles. The third kappa shape index (κ3) is 8.01. The van der Waals surface area contributed by atoms with Gasteiger partial charge >= 0.3 is 5.97 Å². The zero-order valence-corrected chi connectivity index (χ0v) is 14.3. The van der Waals surface area contributed by atoms with E-state index in [1.54, 1.807) is 6.08 Å². The van der Waals surface area contributed by atoms with Crippen molar-refractivity contribution in [2.45, 2.75) is 20.3 Å². The molecule has 0 bridgehead atoms. The Labute approximate surface area is 145 Å². The predicted octanol–water partition coefficient (Wildman–Crippen LogP) is 3.83. The maximum Gasteiger partial charge on any atom is 0.349 e. The lowest BCUT2D eigenvalue weighted by Gasteiger charge is -2.06. The molecule has 1 aromatic rings. The van der Waals surface area contributed by atoms with Crippen LogP contribution in [0.3, 0.4) is 0 Å². The molecule has 4 nitrogen and oxygen atoms in total. The normalized spacial score (nSPS) is 11.8. The van der Waals surface area contributed by atoms with Crippen molar-refractivity contribution < 1.29 is 22.7 Å². The molecular formula is C18H21F3N2O2. The van der Waals surface area contributed by atoms with Crippen molar-refractivity contribution in [3.63, 3.8) is 0 Å². The van der Waals surface area contributed by atoms with Gasteiger partial charge in [-0.3, -0.25) is 4.99 Å². The number of benzene rings is 1. The number of hydrogen-bond donors (Lipinski definition) is 1. The van der Waals surface area contributed by atoms with E-state index in [2.05, 4.69) is 9.73 Å². The zero-order chi connectivity index (χ0) is 19.2. The van der Waals surface area contributed by atoms with Gasteiger partial charge in [0.2, 0.25) is 0 Å². The first kappa shape index (κ1) is 22.2. The molecule has 0 spiro atoms. The molecule has 2 N–H and O–H groups in total. The van der Waals surface area contributed by atoms with Crippen LogP contribution in [0.2, 0.25) is 0 Å². The fourth-order valence-electron chi connectivity index (χ4n) is 1.54. The molecule has 7 heteroatoms. The lowest BCUT2D eigenvalue weighted by molar-refractivity contribution is -0.132. The number of nitrogens with two attached hydrogens (primary N) is 1. The summed E-state index contributed by atoms with van der Waals surface area (Å²) < 4.78 is 45.0. The molecule has 0 aliphatic carbocycles. The van der Waals surface area contributed by atoms with Gasteiger partial charge in [0.1, 0.15) is 12.0 Å². The molecule has 1 rings (SSSR count). The van der Waals surface area contributed by atoms with Gasteiger partial charge in [-0.15, -0.1) is 0 Å². The third-order valence-corrected chi connectivity index (χ3v) is 2.66. The number of esters is 1. The van der Waals surface area contributed by atoms with Gasteiger partial charge < -0.3 is 10.5 Å². The molecule has 136 valence electrons. The van der Waals surface area contributed by atoms with Gasteiger partial charge in [-0.25, -0.2) is 18.0 Å². The van der Waals surface area contributed by atoms with E-state index >= 15 is 0 Å². The van der Waals surface area contributed by atoms with Crippen molar-refractivity contribution in [1.82, 2.24) is 0 Å². The minimum atomic E-state index is -1.30. The Hall–Kier alpha value is -2.83. The number of methoxy groups -OCH3 is 1. The van der Waals surface area contributed by atoms with Gasteiger partial charge in [-0.2, -0.15) is 0 Å². The van der Waals surface area contributed by atoms with Crippen LogP contribution in [-0.2, 0) is 16.0 Å². The first-order valence-corrected chi connectivity index (χ1v) is 7.48. The summed E-state index contributed by atoms with van der Waals surface area (Å²) in [4.78, 5) is 14.9. The van der Waals surface area contributed by atoms with Gasteiger partial charge in [0, 0.05) is 17.7 Å². The maximum absolute atomic E-state index is 13.7. The fourth-order valence-corrected chi connectivity index (χ4v) is 1.54. The van der Waals surface area contributed by atoms with Crippen LogP contribution < -0.4 is 5.73 Å². The predicted molar refractivity (Wildman–Crippen MR) is 92.4 cm³/mol. The molecule has 0 aliphatic rings. The van der Waals surface area contributed by atoms with Crippen molar-refractivity contribution in [1.29, 1.82) is 0 Å². The molecule has 0 amide bonds. The van der Waals surface area contributed by atoms with E-state index in [-0.39, 0.29) is 12.1 Å². The monoisotopic (exact) mass is 354 g/mol. The number of ether oxygens (including phenoxy) is 1. The summed E-state index contributed by atoms with van der Waals surface area (Å²) in [7, 11) is 1.16. The van der Waals surface area contributed by atoms with Gasteiger partial charge in [0.05, 0.1) is 7.11 Å². The second-order valence-electron chi connectivity index (χ2n) is 4.21. The number of rotatable bonds is 6. The van der Waals surface area contributed by atoms with E-state index < -0.39 is 29.0 Å². The lowest BCUT2D eigenvalue weighted by Crippen LogP contribution is -2.04. The van der Waals surface area contributed by atoms with Crippen molar-refractivity contribution in [3.05, 3.63) is 71.3 Å². The molecule has 0 aromatic heterocycles. The molecule has 25 heavy (non-hydrogen) atoms. The highest BCUT2D eigenvalue weighted by Gasteiger charge is 2.15. The number of halogens is 3. The number of hydrogen-bond acceptors (Lipinski definition) is 4. The maximum atomic E-state index is 13.7. The lowest BCUT2D eigenvalue weighted by atomic mass is 10.1. The van der Waals surface area contributed by atoms with E-state index in [1.807, 2.05) is 13.8 Å². The summed E-state index contributed by atoms with van der Waals surface area (Å²) in [5.74, 6) is -4.11. The molecule has 0 unspecified atom stereocenters. The smallest absolute Gasteiger partial charge is 0.349 e. The number of aliphatic imine (C=N–C) groups is 1. The summed E-state index contributed by atoms with van der Waals surface area (Å²) >= 11 is 0. The number of carbonyl (C=O) groups is 1. The van der Waals surface area contributed by atoms with Crippen LogP contribution in [0.25, 0.3) is 0 Å². The van der Waals surface area contributed by atoms with E-state index in [9.17, 15) is 18.0 Å². The first-order chi connectivity index (χ1) is 12.0.